The van der Waals surface area contributed by atoms with Crippen molar-refractivity contribution in [1.29, 1.82) is 0 Å². The van der Waals surface area contributed by atoms with Gasteiger partial charge in [0, 0.05) is 23.9 Å². The monoisotopic (exact) mass is 852 g/mol. The number of pyridine rings is 2. The largest absolute Gasteiger partial charge is 0.504 e. The molecule has 16 heteroatoms. The van der Waals surface area contributed by atoms with Crippen molar-refractivity contribution in [3.8, 4) is 34.8 Å². The van der Waals surface area contributed by atoms with Gasteiger partial charge in [0.1, 0.15) is 0 Å². The van der Waals surface area contributed by atoms with E-state index in [1.165, 1.54) is 43.5 Å². The maximum Gasteiger partial charge on any atom is 0.369 e. The maximum absolute atomic E-state index is 12.9. The number of phenolic OH excluding ortho intramolecular Hbond substituents is 1. The van der Waals surface area contributed by atoms with Crippen LogP contribution in [0.3, 0.4) is 0 Å². The zero-order valence-corrected chi connectivity index (χ0v) is 29.4. The molecule has 2 heterocycles. The number of ether oxygens (including phenoxy) is 3. The summed E-state index contributed by atoms with van der Waals surface area (Å²) in [5.41, 5.74) is 1.68. The van der Waals surface area contributed by atoms with Crippen molar-refractivity contribution in [2.45, 2.75) is 11.8 Å². The van der Waals surface area contributed by atoms with Crippen LogP contribution in [-0.2, 0) is 11.8 Å². The second-order valence-electron chi connectivity index (χ2n) is 7.20. The van der Waals surface area contributed by atoms with Gasteiger partial charge in [0.25, 0.3) is 0 Å². The normalized spacial score (nSPS) is 9.57. The number of hydrogen-bond acceptors (Lipinski definition) is 6. The SMILES string of the molecule is BrB(Br)Br.COc1cc(CCl)ccc1Oc1cccc(F)n1.ClCCl.Oc1cc(CCl)ccc1Oc1cccc(F)n1. The van der Waals surface area contributed by atoms with Gasteiger partial charge >= 0.3 is 3.18 Å². The maximum atomic E-state index is 12.9. The fourth-order valence-corrected chi connectivity index (χ4v) is 3.06. The number of benzene rings is 2. The van der Waals surface area contributed by atoms with Crippen LogP contribution in [0, 0.1) is 11.9 Å². The van der Waals surface area contributed by atoms with Gasteiger partial charge in [-0.3, -0.25) is 0 Å². The van der Waals surface area contributed by atoms with Crippen molar-refractivity contribution in [3.05, 3.63) is 95.8 Å². The first kappa shape index (κ1) is 38.5. The number of alkyl halides is 4. The summed E-state index contributed by atoms with van der Waals surface area (Å²) in [7, 11) is 1.53. The molecule has 0 aliphatic carbocycles. The number of hydrogen-bond donors (Lipinski definition) is 1. The van der Waals surface area contributed by atoms with Crippen LogP contribution in [0.2, 0.25) is 0 Å². The third-order valence-corrected chi connectivity index (χ3v) is 4.99. The molecule has 0 amide bonds. The van der Waals surface area contributed by atoms with Gasteiger partial charge in [-0.1, -0.05) is 24.3 Å². The molecule has 0 saturated heterocycles. The average Bonchev–Trinajstić information content (AvgIpc) is 2.95. The molecule has 0 aliphatic heterocycles. The molecule has 0 aliphatic rings. The van der Waals surface area contributed by atoms with Crippen molar-refractivity contribution in [2.24, 2.45) is 0 Å². The molecule has 6 nitrogen and oxygen atoms in total. The lowest BCUT2D eigenvalue weighted by Gasteiger charge is -2.10. The zero-order chi connectivity index (χ0) is 31.5. The Balaban J connectivity index is 0.000000345. The number of phenols is 1. The summed E-state index contributed by atoms with van der Waals surface area (Å²) in [6, 6.07) is 18.6. The van der Waals surface area contributed by atoms with Gasteiger partial charge in [-0.2, -0.15) is 18.7 Å². The molecule has 4 aromatic rings. The number of aromatic nitrogens is 2. The second kappa shape index (κ2) is 22.0. The highest BCUT2D eigenvalue weighted by molar-refractivity contribution is 9.69. The Labute approximate surface area is 287 Å². The molecule has 0 fully saturated rings. The van der Waals surface area contributed by atoms with Crippen LogP contribution >= 0.6 is 93.7 Å². The molecule has 1 N–H and O–H groups in total. The molecule has 0 atom stereocenters. The Kier molecular flexibility index (Phi) is 20.2. The summed E-state index contributed by atoms with van der Waals surface area (Å²) in [4.78, 5) is 7.14. The van der Waals surface area contributed by atoms with Crippen molar-refractivity contribution >= 4 is 96.9 Å². The van der Waals surface area contributed by atoms with Crippen molar-refractivity contribution in [3.63, 3.8) is 0 Å². The van der Waals surface area contributed by atoms with Crippen LogP contribution < -0.4 is 14.2 Å². The average molecular weight is 857 g/mol. The highest BCUT2D eigenvalue weighted by Crippen LogP contribution is 2.32. The molecule has 2 aromatic carbocycles. The fourth-order valence-electron chi connectivity index (χ4n) is 2.73. The quantitative estimate of drug-likeness (QED) is 0.113. The predicted molar refractivity (Wildman–Crippen MR) is 178 cm³/mol. The molecule has 0 saturated carbocycles. The van der Waals surface area contributed by atoms with E-state index < -0.39 is 11.9 Å². The van der Waals surface area contributed by atoms with Crippen molar-refractivity contribution in [2.75, 3.05) is 12.4 Å². The number of methoxy groups -OCH3 is 1. The molecule has 0 bridgehead atoms. The van der Waals surface area contributed by atoms with Crippen LogP contribution in [0.25, 0.3) is 0 Å². The third kappa shape index (κ3) is 15.8. The van der Waals surface area contributed by atoms with E-state index in [-0.39, 0.29) is 31.8 Å². The van der Waals surface area contributed by atoms with Gasteiger partial charge in [-0.05, 0) is 47.5 Å². The Hall–Kier alpha value is -1.54. The summed E-state index contributed by atoms with van der Waals surface area (Å²) in [5, 5.41) is 9.84. The third-order valence-electron chi connectivity index (χ3n) is 4.37. The van der Waals surface area contributed by atoms with E-state index in [9.17, 15) is 13.9 Å². The van der Waals surface area contributed by atoms with E-state index >= 15 is 0 Å². The number of aromatic hydroxyl groups is 1. The molecule has 0 unspecified atom stereocenters. The van der Waals surface area contributed by atoms with E-state index in [1.807, 2.05) is 6.07 Å². The Morgan fingerprint density at radius 1 is 0.714 bits per heavy atom. The molecule has 226 valence electrons. The fraction of sp³-hybridized carbons (Fsp3) is 0.154. The van der Waals surface area contributed by atoms with Crippen LogP contribution in [0.4, 0.5) is 8.78 Å². The Bertz CT molecular complexity index is 1370. The first-order chi connectivity index (χ1) is 20.1. The second-order valence-corrected chi connectivity index (χ2v) is 15.0. The van der Waals surface area contributed by atoms with Gasteiger partial charge in [-0.25, -0.2) is 0 Å². The summed E-state index contributed by atoms with van der Waals surface area (Å²) >= 11 is 30.2. The van der Waals surface area contributed by atoms with E-state index in [0.717, 1.165) is 11.1 Å². The number of halogens is 9. The molecule has 2 aromatic heterocycles. The Morgan fingerprint density at radius 2 is 1.14 bits per heavy atom. The van der Waals surface area contributed by atoms with Gasteiger partial charge in [0.2, 0.25) is 23.7 Å². The van der Waals surface area contributed by atoms with Gasteiger partial charge < -0.3 is 19.3 Å². The summed E-state index contributed by atoms with van der Waals surface area (Å²) in [6.45, 7) is 0. The molecular formula is C26H22BBr3Cl4F2N2O4. The molecule has 4 rings (SSSR count). The van der Waals surface area contributed by atoms with Crippen LogP contribution in [0.15, 0.2) is 72.8 Å². The topological polar surface area (TPSA) is 73.7 Å². The lowest BCUT2D eigenvalue weighted by atomic mass is 10.2. The van der Waals surface area contributed by atoms with E-state index in [0.29, 0.717) is 23.3 Å². The number of rotatable bonds is 7. The van der Waals surface area contributed by atoms with E-state index in [2.05, 4.69) is 57.2 Å². The lowest BCUT2D eigenvalue weighted by molar-refractivity contribution is 0.370. The first-order valence-corrected chi connectivity index (χ1v) is 16.2. The highest BCUT2D eigenvalue weighted by Gasteiger charge is 2.08. The molecule has 42 heavy (non-hydrogen) atoms. The molecule has 0 spiro atoms. The number of nitrogens with zero attached hydrogens (tertiary/aromatic N) is 2. The summed E-state index contributed by atoms with van der Waals surface area (Å²) < 4.78 is 41.9. The summed E-state index contributed by atoms with van der Waals surface area (Å²) in [5.74, 6) is 0.838. The molecule has 0 radical (unpaired) electrons. The van der Waals surface area contributed by atoms with Crippen molar-refractivity contribution < 1.29 is 28.1 Å². The van der Waals surface area contributed by atoms with E-state index in [4.69, 9.17) is 60.6 Å². The minimum absolute atomic E-state index is 0.0609. The predicted octanol–water partition coefficient (Wildman–Crippen LogP) is 10.8. The standard InChI is InChI=1S/C13H11ClFNO2.C12H9ClFNO2.CH2Cl2.BBr3/c1-17-11-7-9(8-14)5-6-10(11)18-13-4-2-3-12(15)16-13;13-7-8-4-5-10(9(16)6-8)17-12-3-1-2-11(14)15-12;2-1-3;2-1(3)4/h2-7H,8H2,1H3;1-6,16H,7H2;1H2;. The van der Waals surface area contributed by atoms with Crippen LogP contribution in [-0.4, -0.2) is 30.7 Å². The van der Waals surface area contributed by atoms with Crippen LogP contribution in [0.1, 0.15) is 11.1 Å². The van der Waals surface area contributed by atoms with Crippen LogP contribution in [0.5, 0.6) is 34.8 Å². The van der Waals surface area contributed by atoms with Gasteiger partial charge in [0.15, 0.2) is 23.0 Å². The minimum Gasteiger partial charge on any atom is -0.504 e. The van der Waals surface area contributed by atoms with Gasteiger partial charge in [-0.15, -0.1) is 93.7 Å². The lowest BCUT2D eigenvalue weighted by Crippen LogP contribution is -1.94. The smallest absolute Gasteiger partial charge is 0.369 e. The first-order valence-electron chi connectivity index (χ1n) is 11.3. The molecular weight excluding hydrogens is 835 g/mol. The van der Waals surface area contributed by atoms with Crippen molar-refractivity contribution in [1.82, 2.24) is 9.97 Å². The Morgan fingerprint density at radius 3 is 1.55 bits per heavy atom. The summed E-state index contributed by atoms with van der Waals surface area (Å²) in [6.07, 6.45) is 0. The van der Waals surface area contributed by atoms with Gasteiger partial charge in [0.05, 0.1) is 12.4 Å². The van der Waals surface area contributed by atoms with E-state index in [1.54, 1.807) is 30.3 Å². The highest BCUT2D eigenvalue weighted by atomic mass is 79.9. The minimum atomic E-state index is -0.639. The zero-order valence-electron chi connectivity index (χ0n) is 21.6.